The molecule has 0 unspecified atom stereocenters. The average Bonchev–Trinajstić information content (AvgIpc) is 2.19. The third kappa shape index (κ3) is 39.1. The van der Waals surface area contributed by atoms with E-state index in [0.29, 0.717) is 12.0 Å². The van der Waals surface area contributed by atoms with Gasteiger partial charge in [-0.1, -0.05) is 20.1 Å². The molecule has 0 aliphatic heterocycles. The molecule has 0 bridgehead atoms. The summed E-state index contributed by atoms with van der Waals surface area (Å²) in [5.41, 5.74) is 0.620. The topological polar surface area (TPSA) is 51.2 Å². The molecule has 0 heterocycles. The van der Waals surface area contributed by atoms with E-state index in [-0.39, 0.29) is 17.3 Å². The number of hydrogen-bond acceptors (Lipinski definition) is 3. The molecule has 0 radical (unpaired) electrons. The molecule has 0 aliphatic rings. The Hall–Kier alpha value is -1.51. The number of carbonyl (C=O) groups is 3. The lowest BCUT2D eigenvalue weighted by atomic mass is 10.3. The molecule has 0 N–H and O–H groups in total. The number of ketones is 3. The maximum absolute atomic E-state index is 10.0. The summed E-state index contributed by atoms with van der Waals surface area (Å²) in [7, 11) is 0. The third-order valence-electron chi connectivity index (χ3n) is 1.39. The Bertz CT molecular complexity index is 250. The fourth-order valence-electron chi connectivity index (χ4n) is 0. The van der Waals surface area contributed by atoms with E-state index in [9.17, 15) is 14.4 Å². The molecular weight excluding hydrogens is 204 g/mol. The van der Waals surface area contributed by atoms with Crippen LogP contribution in [0.3, 0.4) is 0 Å². The maximum atomic E-state index is 10.0. The standard InChI is InChI=1S/C5H8O.C4H8O.C4H6O/c1-4(2)5(3)6;2*1-3-4(2)5/h1H2,2-3H3;3H2,1-2H3;3H,1H2,2H3. The first-order valence-corrected chi connectivity index (χ1v) is 4.97. The highest BCUT2D eigenvalue weighted by molar-refractivity contribution is 5.91. The fourth-order valence-corrected chi connectivity index (χ4v) is 0. The highest BCUT2D eigenvalue weighted by atomic mass is 16.1. The van der Waals surface area contributed by atoms with Gasteiger partial charge in [0.1, 0.15) is 5.78 Å². The molecule has 0 rings (SSSR count). The summed E-state index contributed by atoms with van der Waals surface area (Å²) >= 11 is 0. The van der Waals surface area contributed by atoms with Crippen LogP contribution in [-0.2, 0) is 14.4 Å². The van der Waals surface area contributed by atoms with E-state index in [0.717, 1.165) is 0 Å². The van der Waals surface area contributed by atoms with Gasteiger partial charge in [-0.25, -0.2) is 0 Å². The van der Waals surface area contributed by atoms with Gasteiger partial charge in [0.25, 0.3) is 0 Å². The van der Waals surface area contributed by atoms with E-state index in [1.165, 1.54) is 19.9 Å². The zero-order valence-corrected chi connectivity index (χ0v) is 10.9. The quantitative estimate of drug-likeness (QED) is 0.695. The Morgan fingerprint density at radius 3 is 1.25 bits per heavy atom. The van der Waals surface area contributed by atoms with Crippen LogP contribution in [0.4, 0.5) is 0 Å². The first kappa shape index (κ1) is 20.0. The minimum Gasteiger partial charge on any atom is -0.300 e. The van der Waals surface area contributed by atoms with E-state index in [1.54, 1.807) is 13.8 Å². The van der Waals surface area contributed by atoms with Crippen molar-refractivity contribution in [3.05, 3.63) is 24.8 Å². The summed E-state index contributed by atoms with van der Waals surface area (Å²) in [5, 5.41) is 0. The van der Waals surface area contributed by atoms with Crippen LogP contribution < -0.4 is 0 Å². The van der Waals surface area contributed by atoms with Crippen LogP contribution in [0.5, 0.6) is 0 Å². The number of hydrogen-bond donors (Lipinski definition) is 0. The summed E-state index contributed by atoms with van der Waals surface area (Å²) < 4.78 is 0. The Balaban J connectivity index is -0.000000160. The minimum atomic E-state index is 0.0185. The van der Waals surface area contributed by atoms with Crippen LogP contribution in [-0.4, -0.2) is 17.3 Å². The lowest BCUT2D eigenvalue weighted by molar-refractivity contribution is -0.117. The van der Waals surface area contributed by atoms with E-state index in [1.807, 2.05) is 6.92 Å². The molecule has 92 valence electrons. The van der Waals surface area contributed by atoms with Crippen molar-refractivity contribution in [3.8, 4) is 0 Å². The van der Waals surface area contributed by atoms with Crippen LogP contribution >= 0.6 is 0 Å². The normalized spacial score (nSPS) is 7.31. The third-order valence-corrected chi connectivity index (χ3v) is 1.39. The van der Waals surface area contributed by atoms with Crippen molar-refractivity contribution in [2.24, 2.45) is 0 Å². The molecule has 0 aromatic carbocycles. The molecule has 0 aromatic rings. The van der Waals surface area contributed by atoms with E-state index < -0.39 is 0 Å². The van der Waals surface area contributed by atoms with Crippen molar-refractivity contribution >= 4 is 17.3 Å². The van der Waals surface area contributed by atoms with Crippen molar-refractivity contribution in [1.82, 2.24) is 0 Å². The van der Waals surface area contributed by atoms with Crippen molar-refractivity contribution in [1.29, 1.82) is 0 Å². The number of allylic oxidation sites excluding steroid dienone is 2. The summed E-state index contributed by atoms with van der Waals surface area (Å²) in [4.78, 5) is 29.6. The van der Waals surface area contributed by atoms with Crippen LogP contribution in [0.25, 0.3) is 0 Å². The molecular formula is C13H22O3. The Kier molecular flexibility index (Phi) is 16.8. The van der Waals surface area contributed by atoms with Gasteiger partial charge in [0.2, 0.25) is 0 Å². The van der Waals surface area contributed by atoms with Crippen molar-refractivity contribution in [2.75, 3.05) is 0 Å². The lowest BCUT2D eigenvalue weighted by Crippen LogP contribution is -1.86. The average molecular weight is 226 g/mol. The van der Waals surface area contributed by atoms with Crippen molar-refractivity contribution in [2.45, 2.75) is 41.0 Å². The monoisotopic (exact) mass is 226 g/mol. The van der Waals surface area contributed by atoms with Gasteiger partial charge in [0.15, 0.2) is 11.6 Å². The predicted octanol–water partition coefficient (Wildman–Crippen LogP) is 2.90. The highest BCUT2D eigenvalue weighted by Gasteiger charge is 1.85. The number of carbonyl (C=O) groups excluding carboxylic acids is 3. The second-order valence-electron chi connectivity index (χ2n) is 3.21. The Morgan fingerprint density at radius 2 is 1.25 bits per heavy atom. The fraction of sp³-hybridized carbons (Fsp3) is 0.462. The maximum Gasteiger partial charge on any atom is 0.154 e. The van der Waals surface area contributed by atoms with Crippen LogP contribution in [0, 0.1) is 0 Å². The van der Waals surface area contributed by atoms with Crippen LogP contribution in [0.15, 0.2) is 24.8 Å². The Labute approximate surface area is 98.2 Å². The molecule has 0 fully saturated rings. The molecule has 0 saturated carbocycles. The van der Waals surface area contributed by atoms with Gasteiger partial charge in [-0.2, -0.15) is 0 Å². The molecule has 3 nitrogen and oxygen atoms in total. The zero-order valence-electron chi connectivity index (χ0n) is 10.9. The molecule has 0 aliphatic carbocycles. The van der Waals surface area contributed by atoms with E-state index >= 15 is 0 Å². The molecule has 0 saturated heterocycles. The lowest BCUT2D eigenvalue weighted by Gasteiger charge is -1.80. The van der Waals surface area contributed by atoms with Gasteiger partial charge in [-0.3, -0.25) is 9.59 Å². The van der Waals surface area contributed by atoms with Gasteiger partial charge in [-0.15, -0.1) is 0 Å². The largest absolute Gasteiger partial charge is 0.300 e. The molecule has 3 heteroatoms. The van der Waals surface area contributed by atoms with Crippen molar-refractivity contribution in [3.63, 3.8) is 0 Å². The van der Waals surface area contributed by atoms with Gasteiger partial charge >= 0.3 is 0 Å². The molecule has 0 atom stereocenters. The second-order valence-corrected chi connectivity index (χ2v) is 3.21. The second kappa shape index (κ2) is 13.5. The summed E-state index contributed by atoms with van der Waals surface area (Å²) in [6, 6.07) is 0. The molecule has 0 aromatic heterocycles. The van der Waals surface area contributed by atoms with Crippen LogP contribution in [0.1, 0.15) is 41.0 Å². The van der Waals surface area contributed by atoms with Crippen LogP contribution in [0.2, 0.25) is 0 Å². The highest BCUT2D eigenvalue weighted by Crippen LogP contribution is 1.84. The number of rotatable bonds is 3. The van der Waals surface area contributed by atoms with Gasteiger partial charge in [0.05, 0.1) is 0 Å². The van der Waals surface area contributed by atoms with E-state index in [2.05, 4.69) is 13.2 Å². The molecule has 0 spiro atoms. The molecule has 16 heavy (non-hydrogen) atoms. The minimum absolute atomic E-state index is 0.0185. The number of Topliss-reactive ketones (excluding diaryl/α,β-unsaturated/α-hetero) is 2. The molecule has 0 amide bonds. The summed E-state index contributed by atoms with van der Waals surface area (Å²) in [6.07, 6.45) is 1.94. The smallest absolute Gasteiger partial charge is 0.154 e. The van der Waals surface area contributed by atoms with Gasteiger partial charge in [-0.05, 0) is 39.3 Å². The van der Waals surface area contributed by atoms with E-state index in [4.69, 9.17) is 0 Å². The Morgan fingerprint density at radius 1 is 1.06 bits per heavy atom. The first-order chi connectivity index (χ1) is 7.18. The van der Waals surface area contributed by atoms with Gasteiger partial charge in [0, 0.05) is 6.42 Å². The summed E-state index contributed by atoms with van der Waals surface area (Å²) in [6.45, 7) is 14.7. The zero-order chi connectivity index (χ0) is 13.7. The first-order valence-electron chi connectivity index (χ1n) is 4.97. The summed E-state index contributed by atoms with van der Waals surface area (Å²) in [5.74, 6) is 0.338. The SMILES string of the molecule is C=C(C)C(C)=O.C=CC(C)=O.CCC(C)=O. The van der Waals surface area contributed by atoms with Crippen molar-refractivity contribution < 1.29 is 14.4 Å². The van der Waals surface area contributed by atoms with Gasteiger partial charge < -0.3 is 4.79 Å². The predicted molar refractivity (Wildman–Crippen MR) is 67.3 cm³/mol.